The van der Waals surface area contributed by atoms with Crippen LogP contribution in [-0.4, -0.2) is 7.05 Å². The number of nitrogens with one attached hydrogen (secondary N) is 1. The standard InChI is InChI=1S/C17H19F2N/c1-3-12-5-4-6-14(9-12)17(20-2)10-13-7-8-15(18)11-16(13)19/h4-9,11,17,20H,3,10H2,1-2H3. The van der Waals surface area contributed by atoms with Crippen LogP contribution in [-0.2, 0) is 12.8 Å². The number of hydrogen-bond acceptors (Lipinski definition) is 1. The summed E-state index contributed by atoms with van der Waals surface area (Å²) in [6, 6.07) is 12.0. The minimum absolute atomic E-state index is 0.0152. The summed E-state index contributed by atoms with van der Waals surface area (Å²) in [7, 11) is 1.85. The van der Waals surface area contributed by atoms with Crippen molar-refractivity contribution in [3.63, 3.8) is 0 Å². The molecule has 0 fully saturated rings. The second-order valence-corrected chi connectivity index (χ2v) is 4.88. The number of rotatable bonds is 5. The Morgan fingerprint density at radius 3 is 2.55 bits per heavy atom. The molecule has 0 aromatic heterocycles. The fourth-order valence-corrected chi connectivity index (χ4v) is 2.32. The Morgan fingerprint density at radius 1 is 1.10 bits per heavy atom. The smallest absolute Gasteiger partial charge is 0.129 e. The Kier molecular flexibility index (Phi) is 4.85. The maximum absolute atomic E-state index is 13.7. The van der Waals surface area contributed by atoms with Gasteiger partial charge in [-0.2, -0.15) is 0 Å². The molecule has 2 aromatic carbocycles. The molecule has 0 amide bonds. The maximum Gasteiger partial charge on any atom is 0.129 e. The van der Waals surface area contributed by atoms with Crippen LogP contribution in [0, 0.1) is 11.6 Å². The highest BCUT2D eigenvalue weighted by molar-refractivity contribution is 5.29. The van der Waals surface area contributed by atoms with Crippen molar-refractivity contribution in [2.75, 3.05) is 7.05 Å². The van der Waals surface area contributed by atoms with Crippen LogP contribution in [0.25, 0.3) is 0 Å². The highest BCUT2D eigenvalue weighted by Crippen LogP contribution is 2.21. The monoisotopic (exact) mass is 275 g/mol. The highest BCUT2D eigenvalue weighted by Gasteiger charge is 2.13. The third-order valence-electron chi connectivity index (χ3n) is 3.55. The lowest BCUT2D eigenvalue weighted by molar-refractivity contribution is 0.540. The average molecular weight is 275 g/mol. The van der Waals surface area contributed by atoms with Gasteiger partial charge in [-0.1, -0.05) is 37.3 Å². The quantitative estimate of drug-likeness (QED) is 0.868. The second-order valence-electron chi connectivity index (χ2n) is 4.88. The summed E-state index contributed by atoms with van der Waals surface area (Å²) in [4.78, 5) is 0. The SMILES string of the molecule is CCc1cccc(C(Cc2ccc(F)cc2F)NC)c1. The summed E-state index contributed by atoms with van der Waals surface area (Å²) in [6.45, 7) is 2.10. The number of halogens is 2. The maximum atomic E-state index is 13.7. The van der Waals surface area contributed by atoms with Gasteiger partial charge < -0.3 is 5.32 Å². The van der Waals surface area contributed by atoms with Gasteiger partial charge in [-0.15, -0.1) is 0 Å². The summed E-state index contributed by atoms with van der Waals surface area (Å²) in [5.74, 6) is -1.03. The van der Waals surface area contributed by atoms with Crippen LogP contribution < -0.4 is 5.32 Å². The van der Waals surface area contributed by atoms with E-state index in [-0.39, 0.29) is 6.04 Å². The van der Waals surface area contributed by atoms with Crippen LogP contribution in [0.5, 0.6) is 0 Å². The van der Waals surface area contributed by atoms with Gasteiger partial charge in [-0.3, -0.25) is 0 Å². The van der Waals surface area contributed by atoms with Gasteiger partial charge in [-0.25, -0.2) is 8.78 Å². The van der Waals surface area contributed by atoms with E-state index in [9.17, 15) is 8.78 Å². The van der Waals surface area contributed by atoms with Crippen molar-refractivity contribution >= 4 is 0 Å². The van der Waals surface area contributed by atoms with E-state index in [1.807, 2.05) is 19.2 Å². The minimum Gasteiger partial charge on any atom is -0.313 e. The van der Waals surface area contributed by atoms with Crippen LogP contribution in [0.3, 0.4) is 0 Å². The van der Waals surface area contributed by atoms with Gasteiger partial charge in [0.2, 0.25) is 0 Å². The van der Waals surface area contributed by atoms with Crippen LogP contribution in [0.4, 0.5) is 8.78 Å². The Morgan fingerprint density at radius 2 is 1.90 bits per heavy atom. The molecule has 0 heterocycles. The first-order chi connectivity index (χ1) is 9.63. The van der Waals surface area contributed by atoms with Crippen molar-refractivity contribution in [2.24, 2.45) is 0 Å². The summed E-state index contributed by atoms with van der Waals surface area (Å²) in [6.07, 6.45) is 1.46. The first-order valence-corrected chi connectivity index (χ1v) is 6.84. The van der Waals surface area contributed by atoms with Crippen molar-refractivity contribution in [3.8, 4) is 0 Å². The third-order valence-corrected chi connectivity index (χ3v) is 3.55. The van der Waals surface area contributed by atoms with Gasteiger partial charge in [0.1, 0.15) is 11.6 Å². The van der Waals surface area contributed by atoms with E-state index in [0.717, 1.165) is 18.1 Å². The minimum atomic E-state index is -0.541. The van der Waals surface area contributed by atoms with E-state index in [4.69, 9.17) is 0 Å². The van der Waals surface area contributed by atoms with E-state index in [2.05, 4.69) is 24.4 Å². The van der Waals surface area contributed by atoms with E-state index in [1.54, 1.807) is 0 Å². The Labute approximate surface area is 118 Å². The second kappa shape index (κ2) is 6.62. The first kappa shape index (κ1) is 14.7. The normalized spacial score (nSPS) is 12.4. The zero-order valence-corrected chi connectivity index (χ0v) is 11.8. The van der Waals surface area contributed by atoms with Gasteiger partial charge in [0, 0.05) is 12.1 Å². The molecule has 0 aliphatic heterocycles. The van der Waals surface area contributed by atoms with Crippen molar-refractivity contribution in [3.05, 3.63) is 70.8 Å². The lowest BCUT2D eigenvalue weighted by atomic mass is 9.96. The van der Waals surface area contributed by atoms with Crippen LogP contribution in [0.15, 0.2) is 42.5 Å². The van der Waals surface area contributed by atoms with Gasteiger partial charge in [-0.05, 0) is 42.6 Å². The largest absolute Gasteiger partial charge is 0.313 e. The third kappa shape index (κ3) is 3.42. The Hall–Kier alpha value is -1.74. The molecule has 0 bridgehead atoms. The lowest BCUT2D eigenvalue weighted by Gasteiger charge is -2.18. The van der Waals surface area contributed by atoms with Gasteiger partial charge in [0.15, 0.2) is 0 Å². The molecule has 0 aliphatic carbocycles. The van der Waals surface area contributed by atoms with E-state index >= 15 is 0 Å². The number of benzene rings is 2. The molecule has 0 radical (unpaired) electrons. The predicted octanol–water partition coefficient (Wildman–Crippen LogP) is 4.03. The molecule has 0 saturated heterocycles. The van der Waals surface area contributed by atoms with E-state index in [1.165, 1.54) is 17.7 Å². The molecule has 106 valence electrons. The average Bonchev–Trinajstić information content (AvgIpc) is 2.46. The molecule has 20 heavy (non-hydrogen) atoms. The molecule has 0 saturated carbocycles. The topological polar surface area (TPSA) is 12.0 Å². The summed E-state index contributed by atoms with van der Waals surface area (Å²) >= 11 is 0. The lowest BCUT2D eigenvalue weighted by Crippen LogP contribution is -2.19. The van der Waals surface area contributed by atoms with Crippen LogP contribution >= 0.6 is 0 Å². The molecule has 0 aliphatic rings. The Bertz CT molecular complexity index is 581. The summed E-state index contributed by atoms with van der Waals surface area (Å²) in [5, 5.41) is 3.20. The summed E-state index contributed by atoms with van der Waals surface area (Å²) < 4.78 is 26.7. The molecular formula is C17H19F2N. The molecule has 0 spiro atoms. The van der Waals surface area contributed by atoms with Crippen LogP contribution in [0.2, 0.25) is 0 Å². The molecule has 1 nitrogen and oxygen atoms in total. The fraction of sp³-hybridized carbons (Fsp3) is 0.294. The Balaban J connectivity index is 2.23. The molecule has 2 aromatic rings. The van der Waals surface area contributed by atoms with Crippen molar-refractivity contribution in [1.29, 1.82) is 0 Å². The number of likely N-dealkylation sites (N-methyl/N-ethyl adjacent to an activating group) is 1. The zero-order chi connectivity index (χ0) is 14.5. The molecule has 2 rings (SSSR count). The van der Waals surface area contributed by atoms with Gasteiger partial charge in [0.05, 0.1) is 0 Å². The molecule has 1 atom stereocenters. The van der Waals surface area contributed by atoms with Crippen molar-refractivity contribution < 1.29 is 8.78 Å². The van der Waals surface area contributed by atoms with Crippen molar-refractivity contribution in [1.82, 2.24) is 5.32 Å². The van der Waals surface area contributed by atoms with Gasteiger partial charge >= 0.3 is 0 Å². The molecule has 3 heteroatoms. The van der Waals surface area contributed by atoms with Gasteiger partial charge in [0.25, 0.3) is 0 Å². The van der Waals surface area contributed by atoms with Crippen LogP contribution in [0.1, 0.15) is 29.7 Å². The predicted molar refractivity (Wildman–Crippen MR) is 77.7 cm³/mol. The fourth-order valence-electron chi connectivity index (χ4n) is 2.32. The first-order valence-electron chi connectivity index (χ1n) is 6.84. The molecular weight excluding hydrogens is 256 g/mol. The van der Waals surface area contributed by atoms with E-state index < -0.39 is 11.6 Å². The highest BCUT2D eigenvalue weighted by atomic mass is 19.1. The molecule has 1 N–H and O–H groups in total. The number of hydrogen-bond donors (Lipinski definition) is 1. The zero-order valence-electron chi connectivity index (χ0n) is 11.8. The molecule has 1 unspecified atom stereocenters. The number of aryl methyl sites for hydroxylation is 1. The summed E-state index contributed by atoms with van der Waals surface area (Å²) in [5.41, 5.74) is 2.89. The van der Waals surface area contributed by atoms with E-state index in [0.29, 0.717) is 12.0 Å². The van der Waals surface area contributed by atoms with Crippen molar-refractivity contribution in [2.45, 2.75) is 25.8 Å².